The molecule has 1 aromatic carbocycles. The van der Waals surface area contributed by atoms with Crippen LogP contribution in [0.4, 0.5) is 0 Å². The summed E-state index contributed by atoms with van der Waals surface area (Å²) in [5, 5.41) is 11.4. The lowest BCUT2D eigenvalue weighted by atomic mass is 9.74. The van der Waals surface area contributed by atoms with E-state index in [4.69, 9.17) is 0 Å². The number of aromatic nitrogens is 1. The van der Waals surface area contributed by atoms with Crippen LogP contribution < -0.4 is 0 Å². The molecule has 0 saturated carbocycles. The van der Waals surface area contributed by atoms with Gasteiger partial charge in [0.2, 0.25) is 0 Å². The third kappa shape index (κ3) is 1.98. The molecule has 1 aliphatic rings. The second-order valence-corrected chi connectivity index (χ2v) is 6.32. The number of rotatable bonds is 3. The van der Waals surface area contributed by atoms with E-state index < -0.39 is 0 Å². The molecular formula is C15H17NOS. The van der Waals surface area contributed by atoms with Crippen LogP contribution in [0.5, 0.6) is 0 Å². The van der Waals surface area contributed by atoms with Gasteiger partial charge < -0.3 is 5.11 Å². The minimum absolute atomic E-state index is 0.297. The normalized spacial score (nSPS) is 19.2. The maximum atomic E-state index is 10.3. The highest BCUT2D eigenvalue weighted by molar-refractivity contribution is 7.11. The zero-order chi connectivity index (χ0) is 12.7. The lowest BCUT2D eigenvalue weighted by Gasteiger charge is -2.33. The van der Waals surface area contributed by atoms with Gasteiger partial charge in [-0.2, -0.15) is 0 Å². The summed E-state index contributed by atoms with van der Waals surface area (Å²) in [6, 6.07) is 8.39. The SMILES string of the molecule is Cc1nc(CC(O)C2Cc3ccccc32)sc1C. The molecule has 0 bridgehead atoms. The molecule has 18 heavy (non-hydrogen) atoms. The Morgan fingerprint density at radius 3 is 2.83 bits per heavy atom. The highest BCUT2D eigenvalue weighted by Crippen LogP contribution is 2.38. The summed E-state index contributed by atoms with van der Waals surface area (Å²) < 4.78 is 0. The first-order chi connectivity index (χ1) is 8.65. The number of benzene rings is 1. The molecular weight excluding hydrogens is 242 g/mol. The number of aliphatic hydroxyl groups is 1. The van der Waals surface area contributed by atoms with Gasteiger partial charge in [-0.25, -0.2) is 4.98 Å². The largest absolute Gasteiger partial charge is 0.392 e. The fraction of sp³-hybridized carbons (Fsp3) is 0.400. The third-order valence-electron chi connectivity index (χ3n) is 3.82. The van der Waals surface area contributed by atoms with Gasteiger partial charge in [0.05, 0.1) is 16.8 Å². The van der Waals surface area contributed by atoms with Crippen LogP contribution in [0.1, 0.15) is 32.6 Å². The van der Waals surface area contributed by atoms with E-state index >= 15 is 0 Å². The van der Waals surface area contributed by atoms with E-state index in [0.29, 0.717) is 12.3 Å². The van der Waals surface area contributed by atoms with Crippen molar-refractivity contribution < 1.29 is 5.11 Å². The molecule has 0 aliphatic heterocycles. The molecule has 3 heteroatoms. The molecule has 0 spiro atoms. The predicted octanol–water partition coefficient (Wildman–Crippen LogP) is 3.00. The van der Waals surface area contributed by atoms with Crippen LogP contribution in [-0.2, 0) is 12.8 Å². The topological polar surface area (TPSA) is 33.1 Å². The number of nitrogens with zero attached hydrogens (tertiary/aromatic N) is 1. The Kier molecular flexibility index (Phi) is 2.96. The van der Waals surface area contributed by atoms with Gasteiger partial charge in [0, 0.05) is 17.2 Å². The van der Waals surface area contributed by atoms with Crippen molar-refractivity contribution in [1.82, 2.24) is 4.98 Å². The monoisotopic (exact) mass is 259 g/mol. The molecule has 1 heterocycles. The van der Waals surface area contributed by atoms with Crippen molar-refractivity contribution in [2.75, 3.05) is 0 Å². The summed E-state index contributed by atoms with van der Waals surface area (Å²) in [4.78, 5) is 5.76. The van der Waals surface area contributed by atoms with Crippen molar-refractivity contribution in [3.8, 4) is 0 Å². The van der Waals surface area contributed by atoms with Crippen LogP contribution in [-0.4, -0.2) is 16.2 Å². The van der Waals surface area contributed by atoms with E-state index in [0.717, 1.165) is 17.1 Å². The van der Waals surface area contributed by atoms with Crippen LogP contribution in [0, 0.1) is 13.8 Å². The molecule has 0 saturated heterocycles. The van der Waals surface area contributed by atoms with E-state index in [-0.39, 0.29) is 6.10 Å². The zero-order valence-corrected chi connectivity index (χ0v) is 11.5. The molecule has 1 N–H and O–H groups in total. The molecule has 0 fully saturated rings. The van der Waals surface area contributed by atoms with Crippen LogP contribution >= 0.6 is 11.3 Å². The number of aliphatic hydroxyl groups excluding tert-OH is 1. The molecule has 2 nitrogen and oxygen atoms in total. The van der Waals surface area contributed by atoms with Crippen molar-refractivity contribution in [2.45, 2.75) is 38.7 Å². The van der Waals surface area contributed by atoms with E-state index in [1.165, 1.54) is 16.0 Å². The molecule has 0 radical (unpaired) electrons. The van der Waals surface area contributed by atoms with Gasteiger partial charge in [0.1, 0.15) is 0 Å². The minimum atomic E-state index is -0.301. The fourth-order valence-corrected chi connectivity index (χ4v) is 3.57. The van der Waals surface area contributed by atoms with Crippen molar-refractivity contribution in [3.63, 3.8) is 0 Å². The first kappa shape index (κ1) is 11.9. The highest BCUT2D eigenvalue weighted by Gasteiger charge is 2.32. The van der Waals surface area contributed by atoms with E-state index in [1.807, 2.05) is 6.92 Å². The second kappa shape index (κ2) is 4.48. The van der Waals surface area contributed by atoms with Gasteiger partial charge in [0.15, 0.2) is 0 Å². The summed E-state index contributed by atoms with van der Waals surface area (Å²) in [6.07, 6.45) is 1.38. The van der Waals surface area contributed by atoms with Gasteiger partial charge in [-0.1, -0.05) is 24.3 Å². The van der Waals surface area contributed by atoms with Gasteiger partial charge in [-0.15, -0.1) is 11.3 Å². The van der Waals surface area contributed by atoms with Crippen molar-refractivity contribution in [3.05, 3.63) is 51.0 Å². The van der Waals surface area contributed by atoms with Crippen LogP contribution in [0.3, 0.4) is 0 Å². The first-order valence-corrected chi connectivity index (χ1v) is 7.15. The van der Waals surface area contributed by atoms with Crippen LogP contribution in [0.15, 0.2) is 24.3 Å². The number of aryl methyl sites for hydroxylation is 2. The molecule has 1 aliphatic carbocycles. The number of hydrogen-bond donors (Lipinski definition) is 1. The standard InChI is InChI=1S/C15H17NOS/c1-9-10(2)18-15(16-9)8-14(17)13-7-11-5-3-4-6-12(11)13/h3-6,13-14,17H,7-8H2,1-2H3. The maximum absolute atomic E-state index is 10.3. The summed E-state index contributed by atoms with van der Waals surface area (Å²) in [5.41, 5.74) is 3.79. The summed E-state index contributed by atoms with van der Waals surface area (Å²) in [5.74, 6) is 0.297. The van der Waals surface area contributed by atoms with Crippen molar-refractivity contribution >= 4 is 11.3 Å². The Labute approximate surface area is 111 Å². The Morgan fingerprint density at radius 2 is 2.17 bits per heavy atom. The second-order valence-electron chi connectivity index (χ2n) is 5.03. The highest BCUT2D eigenvalue weighted by atomic mass is 32.1. The third-order valence-corrected chi connectivity index (χ3v) is 4.91. The van der Waals surface area contributed by atoms with Crippen LogP contribution in [0.25, 0.3) is 0 Å². The quantitative estimate of drug-likeness (QED) is 0.919. The summed E-state index contributed by atoms with van der Waals surface area (Å²) >= 11 is 1.70. The lowest BCUT2D eigenvalue weighted by Crippen LogP contribution is -2.30. The van der Waals surface area contributed by atoms with E-state index in [1.54, 1.807) is 11.3 Å². The Bertz CT molecular complexity index is 556. The average molecular weight is 259 g/mol. The molecule has 94 valence electrons. The number of fused-ring (bicyclic) bond motifs is 1. The van der Waals surface area contributed by atoms with E-state index in [9.17, 15) is 5.11 Å². The van der Waals surface area contributed by atoms with Gasteiger partial charge >= 0.3 is 0 Å². The Morgan fingerprint density at radius 1 is 1.39 bits per heavy atom. The first-order valence-electron chi connectivity index (χ1n) is 6.34. The van der Waals surface area contributed by atoms with E-state index in [2.05, 4.69) is 36.2 Å². The molecule has 1 aromatic heterocycles. The Balaban J connectivity index is 1.72. The van der Waals surface area contributed by atoms with Crippen molar-refractivity contribution in [1.29, 1.82) is 0 Å². The zero-order valence-electron chi connectivity index (χ0n) is 10.7. The van der Waals surface area contributed by atoms with Gasteiger partial charge in [-0.05, 0) is 31.4 Å². The maximum Gasteiger partial charge on any atom is 0.0956 e. The predicted molar refractivity (Wildman–Crippen MR) is 74.2 cm³/mol. The number of hydrogen-bond acceptors (Lipinski definition) is 3. The number of thiazole rings is 1. The van der Waals surface area contributed by atoms with Crippen molar-refractivity contribution in [2.24, 2.45) is 0 Å². The fourth-order valence-electron chi connectivity index (χ4n) is 2.59. The smallest absolute Gasteiger partial charge is 0.0956 e. The molecule has 0 amide bonds. The molecule has 3 rings (SSSR count). The Hall–Kier alpha value is -1.19. The average Bonchev–Trinajstić information content (AvgIpc) is 2.59. The molecule has 2 unspecified atom stereocenters. The molecule has 2 aromatic rings. The van der Waals surface area contributed by atoms with Gasteiger partial charge in [0.25, 0.3) is 0 Å². The summed E-state index contributed by atoms with van der Waals surface area (Å²) in [6.45, 7) is 4.11. The lowest BCUT2D eigenvalue weighted by molar-refractivity contribution is 0.133. The summed E-state index contributed by atoms with van der Waals surface area (Å²) in [7, 11) is 0. The van der Waals surface area contributed by atoms with Gasteiger partial charge in [-0.3, -0.25) is 0 Å². The van der Waals surface area contributed by atoms with Crippen LogP contribution in [0.2, 0.25) is 0 Å². The molecule has 2 atom stereocenters. The minimum Gasteiger partial charge on any atom is -0.392 e.